The van der Waals surface area contributed by atoms with Crippen molar-refractivity contribution in [1.29, 1.82) is 0 Å². The van der Waals surface area contributed by atoms with Crippen LogP contribution in [0.2, 0.25) is 0 Å². The molecular formula is C8H11BrO3S. The highest BCUT2D eigenvalue weighted by molar-refractivity contribution is 9.12. The van der Waals surface area contributed by atoms with Crippen molar-refractivity contribution in [3.05, 3.63) is 22.0 Å². The summed E-state index contributed by atoms with van der Waals surface area (Å²) in [6.07, 6.45) is 1.98. The van der Waals surface area contributed by atoms with Crippen LogP contribution in [0.5, 0.6) is 0 Å². The second-order valence-corrected chi connectivity index (χ2v) is 3.89. The molecule has 0 aromatic heterocycles. The van der Waals surface area contributed by atoms with Crippen LogP contribution >= 0.6 is 27.7 Å². The number of hydrogen-bond acceptors (Lipinski definition) is 4. The topological polar surface area (TPSA) is 46.5 Å². The molecule has 0 rings (SSSR count). The Hall–Kier alpha value is -0.260. The van der Waals surface area contributed by atoms with E-state index in [0.29, 0.717) is 15.8 Å². The molecule has 0 fully saturated rings. The fourth-order valence-electron chi connectivity index (χ4n) is 0.577. The van der Waals surface area contributed by atoms with Crippen molar-refractivity contribution in [1.82, 2.24) is 0 Å². The van der Waals surface area contributed by atoms with E-state index in [9.17, 15) is 4.79 Å². The Morgan fingerprint density at radius 2 is 2.38 bits per heavy atom. The molecule has 0 aliphatic rings. The zero-order valence-corrected chi connectivity index (χ0v) is 9.65. The molecule has 1 N–H and O–H groups in total. The van der Waals surface area contributed by atoms with Gasteiger partial charge in [0, 0.05) is 22.4 Å². The molecule has 0 aromatic carbocycles. The number of ether oxygens (including phenoxy) is 1. The van der Waals surface area contributed by atoms with Crippen molar-refractivity contribution in [2.45, 2.75) is 6.42 Å². The summed E-state index contributed by atoms with van der Waals surface area (Å²) in [6, 6.07) is 0. The molecule has 0 bridgehead atoms. The summed E-state index contributed by atoms with van der Waals surface area (Å²) in [5, 5.41) is 8.31. The van der Waals surface area contributed by atoms with E-state index in [0.717, 1.165) is 11.8 Å². The number of hydrogen-bond donors (Lipinski definition) is 1. The summed E-state index contributed by atoms with van der Waals surface area (Å²) < 4.78 is 5.18. The SMILES string of the molecule is C=C/C(Br)=C(/CCO)SC(=O)OC. The molecule has 3 nitrogen and oxygen atoms in total. The number of carbonyl (C=O) groups is 1. The van der Waals surface area contributed by atoms with Gasteiger partial charge >= 0.3 is 5.30 Å². The van der Waals surface area contributed by atoms with Gasteiger partial charge in [0.25, 0.3) is 0 Å². The molecule has 0 aliphatic heterocycles. The lowest BCUT2D eigenvalue weighted by Crippen LogP contribution is -1.95. The van der Waals surface area contributed by atoms with Crippen LogP contribution in [0.25, 0.3) is 0 Å². The number of aliphatic hydroxyl groups excluding tert-OH is 1. The molecule has 13 heavy (non-hydrogen) atoms. The van der Waals surface area contributed by atoms with Crippen LogP contribution in [0.3, 0.4) is 0 Å². The van der Waals surface area contributed by atoms with Gasteiger partial charge in [0.1, 0.15) is 0 Å². The Labute approximate surface area is 90.0 Å². The summed E-state index contributed by atoms with van der Waals surface area (Å²) in [4.78, 5) is 11.6. The summed E-state index contributed by atoms with van der Waals surface area (Å²) in [5.41, 5.74) is 0. The van der Waals surface area contributed by atoms with Crippen molar-refractivity contribution in [3.63, 3.8) is 0 Å². The highest BCUT2D eigenvalue weighted by Gasteiger charge is 2.09. The maximum atomic E-state index is 10.9. The lowest BCUT2D eigenvalue weighted by molar-refractivity contribution is 0.200. The smallest absolute Gasteiger partial charge is 0.371 e. The van der Waals surface area contributed by atoms with Gasteiger partial charge in [0.15, 0.2) is 0 Å². The monoisotopic (exact) mass is 266 g/mol. The fraction of sp³-hybridized carbons (Fsp3) is 0.375. The molecule has 0 aromatic rings. The summed E-state index contributed by atoms with van der Waals surface area (Å²) >= 11 is 4.17. The van der Waals surface area contributed by atoms with Crippen molar-refractivity contribution >= 4 is 33.0 Å². The lowest BCUT2D eigenvalue weighted by atomic mass is 10.4. The molecule has 0 heterocycles. The van der Waals surface area contributed by atoms with Crippen molar-refractivity contribution in [2.24, 2.45) is 0 Å². The number of aliphatic hydroxyl groups is 1. The first-order valence-electron chi connectivity index (χ1n) is 3.53. The molecule has 0 atom stereocenters. The van der Waals surface area contributed by atoms with E-state index >= 15 is 0 Å². The number of rotatable bonds is 4. The minimum absolute atomic E-state index is 0.0116. The van der Waals surface area contributed by atoms with E-state index in [-0.39, 0.29) is 6.61 Å². The quantitative estimate of drug-likeness (QED) is 0.628. The molecule has 0 aliphatic carbocycles. The first-order valence-corrected chi connectivity index (χ1v) is 5.14. The van der Waals surface area contributed by atoms with Crippen molar-refractivity contribution in [2.75, 3.05) is 13.7 Å². The minimum atomic E-state index is -0.401. The highest BCUT2D eigenvalue weighted by atomic mass is 79.9. The van der Waals surface area contributed by atoms with Gasteiger partial charge in [-0.2, -0.15) is 0 Å². The molecule has 0 saturated heterocycles. The number of methoxy groups -OCH3 is 1. The van der Waals surface area contributed by atoms with Gasteiger partial charge in [0.2, 0.25) is 0 Å². The van der Waals surface area contributed by atoms with Gasteiger partial charge in [-0.3, -0.25) is 0 Å². The molecule has 0 spiro atoms. The third-order valence-electron chi connectivity index (χ3n) is 1.16. The van der Waals surface area contributed by atoms with Gasteiger partial charge < -0.3 is 9.84 Å². The second kappa shape index (κ2) is 7.17. The largest absolute Gasteiger partial charge is 0.461 e. The van der Waals surface area contributed by atoms with E-state index in [1.54, 1.807) is 6.08 Å². The first-order chi connectivity index (χ1) is 6.15. The molecule has 74 valence electrons. The molecule has 0 radical (unpaired) electrons. The van der Waals surface area contributed by atoms with Gasteiger partial charge in [-0.25, -0.2) is 4.79 Å². The van der Waals surface area contributed by atoms with E-state index < -0.39 is 5.30 Å². The van der Waals surface area contributed by atoms with E-state index in [1.165, 1.54) is 7.11 Å². The van der Waals surface area contributed by atoms with Crippen molar-refractivity contribution in [3.8, 4) is 0 Å². The number of carbonyl (C=O) groups excluding carboxylic acids is 1. The third-order valence-corrected chi connectivity index (χ3v) is 3.23. The zero-order chi connectivity index (χ0) is 10.3. The summed E-state index contributed by atoms with van der Waals surface area (Å²) in [7, 11) is 1.31. The Kier molecular flexibility index (Phi) is 7.03. The Morgan fingerprint density at radius 3 is 2.77 bits per heavy atom. The number of allylic oxidation sites excluding steroid dienone is 2. The summed E-state index contributed by atoms with van der Waals surface area (Å²) in [5.74, 6) is 0. The van der Waals surface area contributed by atoms with E-state index in [2.05, 4.69) is 27.2 Å². The Bertz CT molecular complexity index is 225. The van der Waals surface area contributed by atoms with E-state index in [1.807, 2.05) is 0 Å². The van der Waals surface area contributed by atoms with Crippen LogP contribution in [0, 0.1) is 0 Å². The third kappa shape index (κ3) is 5.13. The maximum absolute atomic E-state index is 10.9. The average molecular weight is 267 g/mol. The van der Waals surface area contributed by atoms with Crippen LogP contribution < -0.4 is 0 Å². The molecule has 0 saturated carbocycles. The fourth-order valence-corrected chi connectivity index (χ4v) is 1.68. The zero-order valence-electron chi connectivity index (χ0n) is 7.25. The Balaban J connectivity index is 4.43. The summed E-state index contributed by atoms with van der Waals surface area (Å²) in [6.45, 7) is 3.53. The molecule has 0 amide bonds. The molecular weight excluding hydrogens is 256 g/mol. The molecule has 0 unspecified atom stereocenters. The van der Waals surface area contributed by atoms with Crippen LogP contribution in [0.15, 0.2) is 22.0 Å². The van der Waals surface area contributed by atoms with Crippen LogP contribution in [-0.4, -0.2) is 24.1 Å². The number of halogens is 1. The first kappa shape index (κ1) is 12.7. The van der Waals surface area contributed by atoms with Crippen LogP contribution in [0.4, 0.5) is 4.79 Å². The average Bonchev–Trinajstić information content (AvgIpc) is 2.15. The predicted octanol–water partition coefficient (Wildman–Crippen LogP) is 2.66. The minimum Gasteiger partial charge on any atom is -0.461 e. The standard InChI is InChI=1S/C8H11BrO3S/c1-3-6(9)7(4-5-10)13-8(11)12-2/h3,10H,1,4-5H2,2H3/b7-6+. The van der Waals surface area contributed by atoms with Crippen molar-refractivity contribution < 1.29 is 14.6 Å². The van der Waals surface area contributed by atoms with Gasteiger partial charge in [-0.05, 0) is 27.7 Å². The van der Waals surface area contributed by atoms with Crippen LogP contribution in [-0.2, 0) is 4.74 Å². The number of thioether (sulfide) groups is 1. The van der Waals surface area contributed by atoms with Gasteiger partial charge in [0.05, 0.1) is 7.11 Å². The Morgan fingerprint density at radius 1 is 1.77 bits per heavy atom. The lowest BCUT2D eigenvalue weighted by Gasteiger charge is -2.04. The normalized spacial score (nSPS) is 11.9. The predicted molar refractivity (Wildman–Crippen MR) is 57.8 cm³/mol. The van der Waals surface area contributed by atoms with Gasteiger partial charge in [-0.15, -0.1) is 0 Å². The maximum Gasteiger partial charge on any atom is 0.371 e. The molecule has 5 heteroatoms. The van der Waals surface area contributed by atoms with Crippen LogP contribution in [0.1, 0.15) is 6.42 Å². The van der Waals surface area contributed by atoms with E-state index in [4.69, 9.17) is 5.11 Å². The highest BCUT2D eigenvalue weighted by Crippen LogP contribution is 2.28. The van der Waals surface area contributed by atoms with Gasteiger partial charge in [-0.1, -0.05) is 12.7 Å². The second-order valence-electron chi connectivity index (χ2n) is 2.01.